The lowest BCUT2D eigenvalue weighted by atomic mass is 9.98. The molecule has 2 aliphatic rings. The van der Waals surface area contributed by atoms with Crippen LogP contribution in [0, 0.1) is 13.8 Å². The molecule has 1 aromatic carbocycles. The molecule has 11 heteroatoms. The molecule has 2 atom stereocenters. The highest BCUT2D eigenvalue weighted by molar-refractivity contribution is 7.18. The first kappa shape index (κ1) is 33.5. The number of phenolic OH excluding ortho intramolecular Hbond substituents is 1. The lowest BCUT2D eigenvalue weighted by Gasteiger charge is -2.48. The normalized spacial score (nSPS) is 18.7. The molecule has 3 heterocycles. The molecule has 2 fully saturated rings. The highest BCUT2D eigenvalue weighted by Crippen LogP contribution is 2.34. The maximum atomic E-state index is 14.0. The van der Waals surface area contributed by atoms with Gasteiger partial charge in [0.25, 0.3) is 11.6 Å². The molecule has 1 amide bonds. The van der Waals surface area contributed by atoms with Crippen molar-refractivity contribution in [2.75, 3.05) is 51.2 Å². The summed E-state index contributed by atoms with van der Waals surface area (Å²) in [6.45, 7) is 12.4. The number of aromatic nitrogens is 1. The number of nitrogens with one attached hydrogen (secondary N) is 1. The second-order valence-electron chi connectivity index (χ2n) is 10.4. The van der Waals surface area contributed by atoms with E-state index in [-0.39, 0.29) is 18.4 Å². The van der Waals surface area contributed by atoms with Crippen LogP contribution in [-0.4, -0.2) is 96.7 Å². The quantitative estimate of drug-likeness (QED) is 0.499. The van der Waals surface area contributed by atoms with Gasteiger partial charge in [0.1, 0.15) is 18.4 Å². The third-order valence-corrected chi connectivity index (χ3v) is 7.41. The Morgan fingerprint density at radius 3 is 2.30 bits per heavy atom. The predicted molar refractivity (Wildman–Crippen MR) is 159 cm³/mol. The number of hydrogen-bond donors (Lipinski definition) is 2. The first-order chi connectivity index (χ1) is 19.0. The van der Waals surface area contributed by atoms with Gasteiger partial charge >= 0.3 is 0 Å². The SMILES string of the molecule is C=O.CCNC(=O)c1cnc(N2CCN(C3CCN(C)CC3)C(CC(F)(F)P)C2)c(C)c1.Cc1ccc(O)cc1. The van der Waals surface area contributed by atoms with Gasteiger partial charge in [-0.15, -0.1) is 0 Å². The summed E-state index contributed by atoms with van der Waals surface area (Å²) in [6, 6.07) is 9.05. The number of carbonyl (C=O) groups is 2. The summed E-state index contributed by atoms with van der Waals surface area (Å²) in [4.78, 5) is 31.3. The number of piperidine rings is 1. The fourth-order valence-electron chi connectivity index (χ4n) is 5.20. The van der Waals surface area contributed by atoms with Crippen molar-refractivity contribution in [3.05, 3.63) is 53.2 Å². The Hall–Kier alpha value is -2.68. The van der Waals surface area contributed by atoms with Crippen LogP contribution >= 0.6 is 9.24 Å². The predicted octanol–water partition coefficient (Wildman–Crippen LogP) is 4.10. The average Bonchev–Trinajstić information content (AvgIpc) is 2.92. The van der Waals surface area contributed by atoms with E-state index >= 15 is 0 Å². The standard InChI is InChI=1S/C21H34F2N5OP.C7H8O.CH2O/c1-4-24-20(29)16-11-15(2)19(25-13-16)27-9-10-28(17-5-7-26(3)8-6-17)18(14-27)12-21(22,23)30;1-6-2-4-7(8)5-3-6;1-2/h11,13,17-18H,4-10,12,14,30H2,1-3H3,(H,24,29);2-5,8H,1H3;1H2. The summed E-state index contributed by atoms with van der Waals surface area (Å²) >= 11 is 0. The van der Waals surface area contributed by atoms with Crippen molar-refractivity contribution in [3.8, 4) is 5.75 Å². The third-order valence-electron chi connectivity index (χ3n) is 7.18. The minimum absolute atomic E-state index is 0.146. The van der Waals surface area contributed by atoms with Crippen molar-refractivity contribution in [2.24, 2.45) is 0 Å². The number of alkyl halides is 2. The van der Waals surface area contributed by atoms with Crippen molar-refractivity contribution >= 4 is 27.8 Å². The number of nitrogens with zero attached hydrogens (tertiary/aromatic N) is 4. The monoisotopic (exact) mass is 579 g/mol. The number of likely N-dealkylation sites (tertiary alicyclic amines) is 1. The fourth-order valence-corrected chi connectivity index (χ4v) is 5.47. The Balaban J connectivity index is 0.000000475. The van der Waals surface area contributed by atoms with Crippen LogP contribution in [0.1, 0.15) is 47.7 Å². The number of phenols is 1. The molecule has 2 N–H and O–H groups in total. The number of piperazine rings is 1. The van der Waals surface area contributed by atoms with Crippen LogP contribution in [0.2, 0.25) is 0 Å². The third kappa shape index (κ3) is 10.4. The van der Waals surface area contributed by atoms with Crippen molar-refractivity contribution in [1.82, 2.24) is 20.1 Å². The zero-order valence-electron chi connectivity index (χ0n) is 24.1. The highest BCUT2D eigenvalue weighted by atomic mass is 31.0. The smallest absolute Gasteiger partial charge is 0.260 e. The van der Waals surface area contributed by atoms with Crippen LogP contribution in [0.4, 0.5) is 14.6 Å². The Kier molecular flexibility index (Phi) is 13.4. The van der Waals surface area contributed by atoms with Crippen LogP contribution in [-0.2, 0) is 4.79 Å². The van der Waals surface area contributed by atoms with Gasteiger partial charge < -0.3 is 25.0 Å². The summed E-state index contributed by atoms with van der Waals surface area (Å²) < 4.78 is 28.0. The number of aromatic hydroxyl groups is 1. The van der Waals surface area contributed by atoms with Crippen LogP contribution in [0.5, 0.6) is 5.75 Å². The minimum atomic E-state index is -2.79. The van der Waals surface area contributed by atoms with Gasteiger partial charge in [0, 0.05) is 50.9 Å². The minimum Gasteiger partial charge on any atom is -0.508 e. The highest BCUT2D eigenvalue weighted by Gasteiger charge is 2.38. The van der Waals surface area contributed by atoms with Crippen molar-refractivity contribution in [2.45, 2.75) is 57.8 Å². The lowest BCUT2D eigenvalue weighted by molar-refractivity contribution is -0.0980. The lowest BCUT2D eigenvalue weighted by Crippen LogP contribution is -2.59. The molecule has 40 heavy (non-hydrogen) atoms. The molecule has 0 spiro atoms. The number of aryl methyl sites for hydroxylation is 2. The van der Waals surface area contributed by atoms with E-state index in [1.54, 1.807) is 27.6 Å². The molecular weight excluding hydrogens is 535 g/mol. The number of halogens is 2. The Labute approximate surface area is 239 Å². The van der Waals surface area contributed by atoms with E-state index in [4.69, 9.17) is 9.90 Å². The molecule has 0 aliphatic carbocycles. The zero-order chi connectivity index (χ0) is 29.9. The summed E-state index contributed by atoms with van der Waals surface area (Å²) in [5, 5.41) is 11.5. The summed E-state index contributed by atoms with van der Waals surface area (Å²) in [5.41, 5.74) is -0.205. The molecule has 222 valence electrons. The maximum Gasteiger partial charge on any atom is 0.260 e. The van der Waals surface area contributed by atoms with Gasteiger partial charge in [0.15, 0.2) is 0 Å². The first-order valence-electron chi connectivity index (χ1n) is 13.6. The average molecular weight is 580 g/mol. The second-order valence-corrected chi connectivity index (χ2v) is 11.2. The molecule has 4 rings (SSSR count). The van der Waals surface area contributed by atoms with Crippen molar-refractivity contribution < 1.29 is 23.5 Å². The van der Waals surface area contributed by atoms with Gasteiger partial charge in [-0.3, -0.25) is 9.69 Å². The van der Waals surface area contributed by atoms with E-state index in [1.165, 1.54) is 5.56 Å². The number of anilines is 1. The van der Waals surface area contributed by atoms with Crippen LogP contribution in [0.25, 0.3) is 0 Å². The van der Waals surface area contributed by atoms with E-state index in [0.29, 0.717) is 30.4 Å². The molecular formula is C29H44F2N5O3P. The number of benzene rings is 1. The van der Waals surface area contributed by atoms with Gasteiger partial charge in [-0.2, -0.15) is 0 Å². The number of pyridine rings is 1. The van der Waals surface area contributed by atoms with E-state index in [9.17, 15) is 13.6 Å². The van der Waals surface area contributed by atoms with Gasteiger partial charge in [-0.1, -0.05) is 26.9 Å². The van der Waals surface area contributed by atoms with Crippen LogP contribution in [0.15, 0.2) is 36.5 Å². The number of amides is 1. The second kappa shape index (κ2) is 15.9. The molecule has 8 nitrogen and oxygen atoms in total. The zero-order valence-corrected chi connectivity index (χ0v) is 25.2. The molecule has 2 aliphatic heterocycles. The molecule has 1 aromatic heterocycles. The van der Waals surface area contributed by atoms with Crippen molar-refractivity contribution in [1.29, 1.82) is 0 Å². The van der Waals surface area contributed by atoms with E-state index in [0.717, 1.165) is 50.4 Å². The van der Waals surface area contributed by atoms with E-state index < -0.39 is 5.66 Å². The van der Waals surface area contributed by atoms with Gasteiger partial charge in [-0.25, -0.2) is 13.8 Å². The number of rotatable bonds is 6. The molecule has 2 unspecified atom stereocenters. The van der Waals surface area contributed by atoms with E-state index in [2.05, 4.69) is 32.0 Å². The van der Waals surface area contributed by atoms with Crippen molar-refractivity contribution in [3.63, 3.8) is 0 Å². The Morgan fingerprint density at radius 2 is 1.77 bits per heavy atom. The van der Waals surface area contributed by atoms with Gasteiger partial charge in [0.2, 0.25) is 0 Å². The molecule has 0 saturated carbocycles. The Bertz CT molecular complexity index is 1040. The summed E-state index contributed by atoms with van der Waals surface area (Å²) in [6.07, 6.45) is 3.44. The Morgan fingerprint density at radius 1 is 1.15 bits per heavy atom. The van der Waals surface area contributed by atoms with E-state index in [1.807, 2.05) is 45.8 Å². The van der Waals surface area contributed by atoms with Crippen LogP contribution in [0.3, 0.4) is 0 Å². The first-order valence-corrected chi connectivity index (χ1v) is 14.2. The van der Waals surface area contributed by atoms with Gasteiger partial charge in [-0.05, 0) is 77.5 Å². The summed E-state index contributed by atoms with van der Waals surface area (Å²) in [7, 11) is 3.82. The maximum absolute atomic E-state index is 14.0. The number of hydrogen-bond acceptors (Lipinski definition) is 7. The summed E-state index contributed by atoms with van der Waals surface area (Å²) in [5.74, 6) is 0.964. The topological polar surface area (TPSA) is 89.0 Å². The molecule has 2 saturated heterocycles. The van der Waals surface area contributed by atoms with Gasteiger partial charge in [0.05, 0.1) is 5.56 Å². The molecule has 0 radical (unpaired) electrons. The molecule has 0 bridgehead atoms. The van der Waals surface area contributed by atoms with Crippen LogP contribution < -0.4 is 10.2 Å². The largest absolute Gasteiger partial charge is 0.508 e. The fraction of sp³-hybridized carbons (Fsp3) is 0.552. The number of carbonyl (C=O) groups excluding carboxylic acids is 2. The molecule has 2 aromatic rings.